The minimum Gasteiger partial charge on any atom is -0.507 e. The Morgan fingerprint density at radius 3 is 2.38 bits per heavy atom. The summed E-state index contributed by atoms with van der Waals surface area (Å²) in [5, 5.41) is 11.5. The molecule has 4 rings (SSSR count). The van der Waals surface area contributed by atoms with E-state index in [0.29, 0.717) is 44.1 Å². The number of benzene rings is 2. The van der Waals surface area contributed by atoms with Gasteiger partial charge in [0.15, 0.2) is 0 Å². The number of carbonyl (C=O) groups is 2. The Morgan fingerprint density at radius 1 is 1.02 bits per heavy atom. The fraction of sp³-hybridized carbons (Fsp3) is 0.500. The Balaban J connectivity index is 1.66. The zero-order valence-corrected chi connectivity index (χ0v) is 24.2. The first kappa shape index (κ1) is 29.6. The molecule has 0 aromatic heterocycles. The van der Waals surface area contributed by atoms with Gasteiger partial charge in [-0.1, -0.05) is 25.5 Å². The standard InChI is InChI=1S/C32H42N2O6/c1-5-6-18-39-25-10-8-24(9-11-25)29-28(30(35)27-13-12-26(21-23(27)4)40-22(2)3)31(36)32(37)34(29)15-7-14-33-16-19-38-20-17-33/h8-13,21-22,29,35H,5-7,14-20H2,1-4H3. The van der Waals surface area contributed by atoms with Crippen LogP contribution in [-0.4, -0.2) is 78.7 Å². The SMILES string of the molecule is CCCCOc1ccc(C2C(=C(O)c3ccc(OC(C)C)cc3C)C(=O)C(=O)N2CCCN2CCOCC2)cc1. The highest BCUT2D eigenvalue weighted by molar-refractivity contribution is 6.46. The summed E-state index contributed by atoms with van der Waals surface area (Å²) >= 11 is 0. The van der Waals surface area contributed by atoms with Crippen LogP contribution in [0.25, 0.3) is 5.76 Å². The molecule has 2 aromatic rings. The second-order valence-electron chi connectivity index (χ2n) is 10.7. The molecule has 2 saturated heterocycles. The van der Waals surface area contributed by atoms with Crippen molar-refractivity contribution < 1.29 is 28.9 Å². The van der Waals surface area contributed by atoms with Gasteiger partial charge in [-0.15, -0.1) is 0 Å². The molecular formula is C32H42N2O6. The average molecular weight is 551 g/mol. The van der Waals surface area contributed by atoms with E-state index in [4.69, 9.17) is 14.2 Å². The maximum Gasteiger partial charge on any atom is 0.295 e. The number of hydrogen-bond donors (Lipinski definition) is 1. The summed E-state index contributed by atoms with van der Waals surface area (Å²) in [7, 11) is 0. The van der Waals surface area contributed by atoms with Crippen molar-refractivity contribution in [1.29, 1.82) is 0 Å². The van der Waals surface area contributed by atoms with Crippen molar-refractivity contribution in [3.63, 3.8) is 0 Å². The molecular weight excluding hydrogens is 508 g/mol. The number of aliphatic hydroxyl groups is 1. The number of ether oxygens (including phenoxy) is 3. The van der Waals surface area contributed by atoms with E-state index in [1.807, 2.05) is 51.1 Å². The number of morpholine rings is 1. The van der Waals surface area contributed by atoms with Gasteiger partial charge in [0.1, 0.15) is 17.3 Å². The number of amides is 1. The number of aryl methyl sites for hydroxylation is 1. The third kappa shape index (κ3) is 7.04. The minimum atomic E-state index is -0.694. The molecule has 2 aliphatic rings. The van der Waals surface area contributed by atoms with Gasteiger partial charge in [0, 0.05) is 31.7 Å². The van der Waals surface area contributed by atoms with Gasteiger partial charge in [-0.3, -0.25) is 14.5 Å². The Bertz CT molecular complexity index is 1200. The van der Waals surface area contributed by atoms with E-state index < -0.39 is 17.7 Å². The van der Waals surface area contributed by atoms with Crippen molar-refractivity contribution >= 4 is 17.4 Å². The van der Waals surface area contributed by atoms with Crippen LogP contribution in [0.3, 0.4) is 0 Å². The lowest BCUT2D eigenvalue weighted by molar-refractivity contribution is -0.140. The van der Waals surface area contributed by atoms with Gasteiger partial charge in [0.2, 0.25) is 0 Å². The Morgan fingerprint density at radius 2 is 1.73 bits per heavy atom. The maximum atomic E-state index is 13.5. The monoisotopic (exact) mass is 550 g/mol. The highest BCUT2D eigenvalue weighted by atomic mass is 16.5. The fourth-order valence-electron chi connectivity index (χ4n) is 5.22. The predicted octanol–water partition coefficient (Wildman–Crippen LogP) is 5.11. The predicted molar refractivity (Wildman–Crippen MR) is 155 cm³/mol. The van der Waals surface area contributed by atoms with Gasteiger partial charge >= 0.3 is 0 Å². The fourth-order valence-corrected chi connectivity index (χ4v) is 5.22. The Kier molecular flexibility index (Phi) is 10.2. The minimum absolute atomic E-state index is 0.00978. The van der Waals surface area contributed by atoms with E-state index in [0.717, 1.165) is 49.4 Å². The molecule has 216 valence electrons. The van der Waals surface area contributed by atoms with Crippen molar-refractivity contribution in [1.82, 2.24) is 9.80 Å². The van der Waals surface area contributed by atoms with Gasteiger partial charge < -0.3 is 24.2 Å². The molecule has 1 unspecified atom stereocenters. The van der Waals surface area contributed by atoms with E-state index >= 15 is 0 Å². The van der Waals surface area contributed by atoms with E-state index in [9.17, 15) is 14.7 Å². The van der Waals surface area contributed by atoms with Crippen molar-refractivity contribution in [2.75, 3.05) is 46.0 Å². The number of rotatable bonds is 12. The first-order valence-electron chi connectivity index (χ1n) is 14.4. The molecule has 0 aliphatic carbocycles. The number of nitrogens with zero attached hydrogens (tertiary/aromatic N) is 2. The lowest BCUT2D eigenvalue weighted by Gasteiger charge is -2.29. The van der Waals surface area contributed by atoms with Gasteiger partial charge in [-0.05, 0) is 75.1 Å². The normalized spacial score (nSPS) is 19.4. The summed E-state index contributed by atoms with van der Waals surface area (Å²) in [6.45, 7) is 12.8. The molecule has 0 radical (unpaired) electrons. The molecule has 0 spiro atoms. The third-order valence-electron chi connectivity index (χ3n) is 7.30. The number of likely N-dealkylation sites (tertiary alicyclic amines) is 1. The van der Waals surface area contributed by atoms with Gasteiger partial charge in [0.05, 0.1) is 37.5 Å². The summed E-state index contributed by atoms with van der Waals surface area (Å²) < 4.78 is 17.1. The molecule has 2 aromatic carbocycles. The zero-order chi connectivity index (χ0) is 28.6. The van der Waals surface area contributed by atoms with Crippen LogP contribution in [0.2, 0.25) is 0 Å². The van der Waals surface area contributed by atoms with Crippen LogP contribution in [0.1, 0.15) is 62.8 Å². The van der Waals surface area contributed by atoms with Gasteiger partial charge in [-0.2, -0.15) is 0 Å². The molecule has 8 heteroatoms. The van der Waals surface area contributed by atoms with Gasteiger partial charge in [0.25, 0.3) is 11.7 Å². The van der Waals surface area contributed by atoms with Crippen LogP contribution < -0.4 is 9.47 Å². The summed E-state index contributed by atoms with van der Waals surface area (Å²) in [6, 6.07) is 12.2. The Hall–Kier alpha value is -3.36. The van der Waals surface area contributed by atoms with Crippen LogP contribution >= 0.6 is 0 Å². The van der Waals surface area contributed by atoms with Crippen LogP contribution in [0.15, 0.2) is 48.0 Å². The topological polar surface area (TPSA) is 88.5 Å². The largest absolute Gasteiger partial charge is 0.507 e. The molecule has 8 nitrogen and oxygen atoms in total. The number of unbranched alkanes of at least 4 members (excludes halogenated alkanes) is 1. The molecule has 0 bridgehead atoms. The lowest BCUT2D eigenvalue weighted by Crippen LogP contribution is -2.38. The maximum absolute atomic E-state index is 13.5. The van der Waals surface area contributed by atoms with Crippen LogP contribution in [0.4, 0.5) is 0 Å². The summed E-state index contributed by atoms with van der Waals surface area (Å²) in [5.74, 6) is -0.00922. The van der Waals surface area contributed by atoms with Crippen molar-refractivity contribution in [2.24, 2.45) is 0 Å². The summed E-state index contributed by atoms with van der Waals surface area (Å²) in [4.78, 5) is 30.7. The van der Waals surface area contributed by atoms with Crippen molar-refractivity contribution in [3.05, 3.63) is 64.7 Å². The van der Waals surface area contributed by atoms with E-state index in [1.54, 1.807) is 17.0 Å². The van der Waals surface area contributed by atoms with Crippen LogP contribution in [-0.2, 0) is 14.3 Å². The molecule has 40 heavy (non-hydrogen) atoms. The molecule has 1 amide bonds. The number of hydrogen-bond acceptors (Lipinski definition) is 7. The second kappa shape index (κ2) is 13.8. The summed E-state index contributed by atoms with van der Waals surface area (Å²) in [6.07, 6.45) is 2.73. The van der Waals surface area contributed by atoms with E-state index in [-0.39, 0.29) is 17.4 Å². The number of carbonyl (C=O) groups excluding carboxylic acids is 2. The van der Waals surface area contributed by atoms with Crippen LogP contribution in [0, 0.1) is 6.92 Å². The second-order valence-corrected chi connectivity index (χ2v) is 10.7. The van der Waals surface area contributed by atoms with E-state index in [1.165, 1.54) is 0 Å². The zero-order valence-electron chi connectivity index (χ0n) is 24.2. The lowest BCUT2D eigenvalue weighted by atomic mass is 9.93. The number of aliphatic hydroxyl groups excluding tert-OH is 1. The van der Waals surface area contributed by atoms with Crippen molar-refractivity contribution in [2.45, 2.75) is 59.1 Å². The molecule has 0 saturated carbocycles. The number of ketones is 1. The van der Waals surface area contributed by atoms with Crippen molar-refractivity contribution in [3.8, 4) is 11.5 Å². The quantitative estimate of drug-likeness (QED) is 0.170. The van der Waals surface area contributed by atoms with E-state index in [2.05, 4.69) is 11.8 Å². The summed E-state index contributed by atoms with van der Waals surface area (Å²) in [5.41, 5.74) is 2.13. The molecule has 2 heterocycles. The first-order valence-corrected chi connectivity index (χ1v) is 14.4. The highest BCUT2D eigenvalue weighted by Crippen LogP contribution is 2.40. The smallest absolute Gasteiger partial charge is 0.295 e. The molecule has 1 N–H and O–H groups in total. The van der Waals surface area contributed by atoms with Gasteiger partial charge in [-0.25, -0.2) is 0 Å². The average Bonchev–Trinajstić information content (AvgIpc) is 3.19. The Labute approximate surface area is 237 Å². The third-order valence-corrected chi connectivity index (χ3v) is 7.30. The molecule has 2 aliphatic heterocycles. The number of Topliss-reactive ketones (excluding diaryl/α,β-unsaturated/α-hetero) is 1. The first-order chi connectivity index (χ1) is 19.3. The van der Waals surface area contributed by atoms with Crippen LogP contribution in [0.5, 0.6) is 11.5 Å². The highest BCUT2D eigenvalue weighted by Gasteiger charge is 2.46. The molecule has 2 fully saturated rings. The molecule has 1 atom stereocenters.